The highest BCUT2D eigenvalue weighted by molar-refractivity contribution is 9.48. The largest absolute Gasteiger partial charge is 0.238 e. The maximum atomic E-state index is 11.6. The Morgan fingerprint density at radius 2 is 1.56 bits per heavy atom. The van der Waals surface area contributed by atoms with Gasteiger partial charge < -0.3 is 0 Å². The number of benzene rings is 1. The van der Waals surface area contributed by atoms with Gasteiger partial charge in [0.05, 0.1) is 39.4 Å². The summed E-state index contributed by atoms with van der Waals surface area (Å²) in [6.07, 6.45) is 2.62. The summed E-state index contributed by atoms with van der Waals surface area (Å²) in [5.41, 5.74) is 0.801. The molecule has 0 aliphatic rings. The predicted molar refractivity (Wildman–Crippen MR) is 77.3 cm³/mol. The summed E-state index contributed by atoms with van der Waals surface area (Å²) in [5, 5.41) is 0. The fraction of sp³-hybridized carbons (Fsp3) is 0.400. The van der Waals surface area contributed by atoms with Crippen LogP contribution < -0.4 is 0 Å². The third kappa shape index (κ3) is 4.32. The Balaban J connectivity index is 3.40. The SMILES string of the molecule is CCCCc1ccc(S(=O)(=O)Br)c(S(=O)(=O)Br)c1. The molecule has 18 heavy (non-hydrogen) atoms. The van der Waals surface area contributed by atoms with Gasteiger partial charge in [0.15, 0.2) is 0 Å². The van der Waals surface area contributed by atoms with E-state index in [1.807, 2.05) is 6.92 Å². The first-order valence-electron chi connectivity index (χ1n) is 5.18. The number of hydrogen-bond donors (Lipinski definition) is 0. The second-order valence-corrected chi connectivity index (χ2v) is 11.5. The number of halogens is 2. The number of aryl methyl sites for hydroxylation is 1. The molecule has 0 aliphatic heterocycles. The summed E-state index contributed by atoms with van der Waals surface area (Å²) in [6.45, 7) is 2.03. The van der Waals surface area contributed by atoms with E-state index in [2.05, 4.69) is 29.6 Å². The quantitative estimate of drug-likeness (QED) is 0.687. The van der Waals surface area contributed by atoms with Gasteiger partial charge in [0.2, 0.25) is 16.5 Å². The monoisotopic (exact) mass is 418 g/mol. The van der Waals surface area contributed by atoms with E-state index in [9.17, 15) is 16.8 Å². The molecule has 0 heterocycles. The molecule has 1 rings (SSSR count). The Kier molecular flexibility index (Phi) is 5.40. The van der Waals surface area contributed by atoms with Gasteiger partial charge in [0.1, 0.15) is 0 Å². The van der Waals surface area contributed by atoms with Gasteiger partial charge >= 0.3 is 0 Å². The van der Waals surface area contributed by atoms with Crippen molar-refractivity contribution in [2.24, 2.45) is 0 Å². The van der Waals surface area contributed by atoms with E-state index in [1.165, 1.54) is 12.1 Å². The molecular formula is C10H12Br2O4S2. The average molecular weight is 420 g/mol. The summed E-state index contributed by atoms with van der Waals surface area (Å²) in [6, 6.07) is 4.34. The van der Waals surface area contributed by atoms with Crippen molar-refractivity contribution in [1.29, 1.82) is 0 Å². The second kappa shape index (κ2) is 6.02. The highest BCUT2D eigenvalue weighted by Gasteiger charge is 2.23. The van der Waals surface area contributed by atoms with E-state index in [4.69, 9.17) is 0 Å². The first-order chi connectivity index (χ1) is 8.16. The van der Waals surface area contributed by atoms with Crippen molar-refractivity contribution >= 4 is 46.2 Å². The molecule has 0 saturated heterocycles. The predicted octanol–water partition coefficient (Wildman–Crippen LogP) is 3.20. The van der Waals surface area contributed by atoms with Gasteiger partial charge in [-0.05, 0) is 30.5 Å². The molecule has 0 bridgehead atoms. The lowest BCUT2D eigenvalue weighted by molar-refractivity contribution is 0.599. The number of hydrogen-bond acceptors (Lipinski definition) is 4. The van der Waals surface area contributed by atoms with Crippen molar-refractivity contribution in [3.05, 3.63) is 23.8 Å². The molecule has 0 N–H and O–H groups in total. The minimum absolute atomic E-state index is 0.229. The fourth-order valence-corrected chi connectivity index (χ4v) is 5.56. The lowest BCUT2D eigenvalue weighted by Gasteiger charge is -2.07. The van der Waals surface area contributed by atoms with Crippen LogP contribution in [0, 0.1) is 0 Å². The van der Waals surface area contributed by atoms with Crippen molar-refractivity contribution < 1.29 is 16.8 Å². The van der Waals surface area contributed by atoms with Gasteiger partial charge in [-0.1, -0.05) is 19.4 Å². The molecule has 0 aliphatic carbocycles. The molecule has 0 aromatic heterocycles. The first kappa shape index (κ1) is 16.1. The Morgan fingerprint density at radius 3 is 2.00 bits per heavy atom. The third-order valence-corrected chi connectivity index (χ3v) is 6.32. The van der Waals surface area contributed by atoms with Crippen LogP contribution in [0.4, 0.5) is 0 Å². The van der Waals surface area contributed by atoms with E-state index >= 15 is 0 Å². The Bertz CT molecular complexity index is 636. The average Bonchev–Trinajstić information content (AvgIpc) is 2.23. The summed E-state index contributed by atoms with van der Waals surface area (Å²) < 4.78 is 46.0. The molecular weight excluding hydrogens is 408 g/mol. The Labute approximate surface area is 122 Å². The van der Waals surface area contributed by atoms with Crippen LogP contribution in [0.2, 0.25) is 0 Å². The summed E-state index contributed by atoms with van der Waals surface area (Å²) >= 11 is 5.01. The van der Waals surface area contributed by atoms with Crippen molar-refractivity contribution in [2.45, 2.75) is 36.0 Å². The molecule has 0 fully saturated rings. The fourth-order valence-electron chi connectivity index (χ4n) is 1.48. The molecule has 102 valence electrons. The summed E-state index contributed by atoms with van der Waals surface area (Å²) in [5.74, 6) is 0. The Morgan fingerprint density at radius 1 is 1.00 bits per heavy atom. The summed E-state index contributed by atoms with van der Waals surface area (Å²) in [7, 11) is -7.51. The molecule has 1 aromatic rings. The Hall–Kier alpha value is 0.0800. The first-order valence-corrected chi connectivity index (χ1v) is 11.8. The van der Waals surface area contributed by atoms with E-state index in [0.29, 0.717) is 6.42 Å². The summed E-state index contributed by atoms with van der Waals surface area (Å²) in [4.78, 5) is -0.479. The van der Waals surface area contributed by atoms with Crippen LogP contribution in [-0.4, -0.2) is 16.8 Å². The van der Waals surface area contributed by atoms with E-state index in [0.717, 1.165) is 18.4 Å². The lowest BCUT2D eigenvalue weighted by atomic mass is 10.1. The zero-order valence-corrected chi connectivity index (χ0v) is 14.4. The van der Waals surface area contributed by atoms with E-state index in [-0.39, 0.29) is 9.79 Å². The molecule has 0 saturated carbocycles. The standard InChI is InChI=1S/C10H12Br2O4S2/c1-2-3-4-8-5-6-9(17(11,13)14)10(7-8)18(12,15)16/h5-7H,2-4H2,1H3. The van der Waals surface area contributed by atoms with Crippen LogP contribution in [0.3, 0.4) is 0 Å². The van der Waals surface area contributed by atoms with Crippen molar-refractivity contribution in [2.75, 3.05) is 0 Å². The van der Waals surface area contributed by atoms with Gasteiger partial charge in [-0.15, -0.1) is 0 Å². The van der Waals surface area contributed by atoms with E-state index < -0.39 is 16.5 Å². The molecule has 1 aromatic carbocycles. The van der Waals surface area contributed by atoms with E-state index in [1.54, 1.807) is 6.07 Å². The van der Waals surface area contributed by atoms with Gasteiger partial charge in [0.25, 0.3) is 0 Å². The normalized spacial score (nSPS) is 12.6. The topological polar surface area (TPSA) is 68.3 Å². The highest BCUT2D eigenvalue weighted by atomic mass is 79.9. The zero-order valence-electron chi connectivity index (χ0n) is 9.56. The van der Waals surface area contributed by atoms with Crippen molar-refractivity contribution in [3.8, 4) is 0 Å². The lowest BCUT2D eigenvalue weighted by Crippen LogP contribution is -2.02. The van der Waals surface area contributed by atoms with Gasteiger partial charge in [-0.3, -0.25) is 0 Å². The maximum absolute atomic E-state index is 11.6. The minimum Gasteiger partial charge on any atom is -0.212 e. The molecule has 0 atom stereocenters. The second-order valence-electron chi connectivity index (χ2n) is 3.76. The van der Waals surface area contributed by atoms with Gasteiger partial charge in [-0.25, -0.2) is 16.8 Å². The molecule has 0 spiro atoms. The third-order valence-electron chi connectivity index (χ3n) is 2.35. The van der Waals surface area contributed by atoms with Crippen LogP contribution in [0.1, 0.15) is 25.3 Å². The number of rotatable bonds is 5. The molecule has 0 radical (unpaired) electrons. The van der Waals surface area contributed by atoms with Crippen LogP contribution in [-0.2, 0) is 23.0 Å². The number of unbranched alkanes of at least 4 members (excludes halogenated alkanes) is 1. The molecule has 0 amide bonds. The molecule has 8 heteroatoms. The smallest absolute Gasteiger partial charge is 0.212 e. The van der Waals surface area contributed by atoms with Gasteiger partial charge in [-0.2, -0.15) is 0 Å². The van der Waals surface area contributed by atoms with Crippen LogP contribution in [0.5, 0.6) is 0 Å². The van der Waals surface area contributed by atoms with Crippen molar-refractivity contribution in [1.82, 2.24) is 0 Å². The van der Waals surface area contributed by atoms with Crippen LogP contribution >= 0.6 is 29.6 Å². The highest BCUT2D eigenvalue weighted by Crippen LogP contribution is 2.30. The van der Waals surface area contributed by atoms with Crippen LogP contribution in [0.25, 0.3) is 0 Å². The molecule has 4 nitrogen and oxygen atoms in total. The van der Waals surface area contributed by atoms with Crippen molar-refractivity contribution in [3.63, 3.8) is 0 Å². The maximum Gasteiger partial charge on any atom is 0.238 e. The van der Waals surface area contributed by atoms with Gasteiger partial charge in [0, 0.05) is 0 Å². The zero-order chi connectivity index (χ0) is 14.0. The minimum atomic E-state index is -3.76. The molecule has 0 unspecified atom stereocenters. The van der Waals surface area contributed by atoms with Crippen LogP contribution in [0.15, 0.2) is 28.0 Å².